The van der Waals surface area contributed by atoms with E-state index in [2.05, 4.69) is 30.6 Å². The Morgan fingerprint density at radius 1 is 1.60 bits per heavy atom. The van der Waals surface area contributed by atoms with E-state index in [-0.39, 0.29) is 18.5 Å². The van der Waals surface area contributed by atoms with Crippen LogP contribution >= 0.6 is 15.9 Å². The highest BCUT2D eigenvalue weighted by Gasteiger charge is 2.25. The fourth-order valence-corrected chi connectivity index (χ4v) is 2.28. The number of rotatable bonds is 4. The molecule has 1 aliphatic heterocycles. The summed E-state index contributed by atoms with van der Waals surface area (Å²) in [6.07, 6.45) is 1.65. The number of hydrogen-bond acceptors (Lipinski definition) is 7. The molecule has 1 fully saturated rings. The van der Waals surface area contributed by atoms with E-state index in [1.54, 1.807) is 13.3 Å². The minimum Gasteiger partial charge on any atom is -0.480 e. The Bertz CT molecular complexity index is 486. The molecule has 0 aromatic carbocycles. The van der Waals surface area contributed by atoms with E-state index in [1.807, 2.05) is 4.90 Å². The minimum atomic E-state index is -0.286. The fourth-order valence-electron chi connectivity index (χ4n) is 1.93. The summed E-state index contributed by atoms with van der Waals surface area (Å²) in [5.41, 5.74) is 0. The molecule has 0 amide bonds. The van der Waals surface area contributed by atoms with Gasteiger partial charge in [0.05, 0.1) is 44.0 Å². The van der Waals surface area contributed by atoms with Gasteiger partial charge < -0.3 is 19.1 Å². The molecular weight excluding hydrogens is 330 g/mol. The maximum atomic E-state index is 11.3. The Morgan fingerprint density at radius 3 is 3.10 bits per heavy atom. The molecular formula is C12H16BrN3O4. The smallest absolute Gasteiger partial charge is 0.308 e. The maximum absolute atomic E-state index is 11.3. The number of ether oxygens (including phenoxy) is 3. The first-order chi connectivity index (χ1) is 9.63. The molecule has 110 valence electrons. The molecule has 0 radical (unpaired) electrons. The van der Waals surface area contributed by atoms with Crippen molar-refractivity contribution < 1.29 is 19.0 Å². The van der Waals surface area contributed by atoms with Gasteiger partial charge in [0.15, 0.2) is 0 Å². The molecule has 0 saturated carbocycles. The molecule has 7 nitrogen and oxygen atoms in total. The van der Waals surface area contributed by atoms with Crippen LogP contribution in [0.3, 0.4) is 0 Å². The van der Waals surface area contributed by atoms with Crippen LogP contribution in [0.15, 0.2) is 10.7 Å². The van der Waals surface area contributed by atoms with Gasteiger partial charge in [-0.3, -0.25) is 4.79 Å². The molecule has 1 aromatic rings. The summed E-state index contributed by atoms with van der Waals surface area (Å²) < 4.78 is 16.0. The van der Waals surface area contributed by atoms with E-state index in [0.717, 1.165) is 0 Å². The number of halogens is 1. The van der Waals surface area contributed by atoms with Crippen LogP contribution in [0.5, 0.6) is 5.88 Å². The number of nitrogens with zero attached hydrogens (tertiary/aromatic N) is 3. The van der Waals surface area contributed by atoms with Gasteiger partial charge in [-0.05, 0) is 15.9 Å². The Morgan fingerprint density at radius 2 is 2.40 bits per heavy atom. The van der Waals surface area contributed by atoms with Gasteiger partial charge >= 0.3 is 5.97 Å². The monoisotopic (exact) mass is 345 g/mol. The molecule has 1 aliphatic rings. The number of carbonyl (C=O) groups is 1. The number of esters is 1. The maximum Gasteiger partial charge on any atom is 0.308 e. The molecule has 1 unspecified atom stereocenters. The molecule has 1 aromatic heterocycles. The number of methoxy groups -OCH3 is 2. The Kier molecular flexibility index (Phi) is 5.13. The second-order valence-electron chi connectivity index (χ2n) is 4.25. The van der Waals surface area contributed by atoms with Crippen LogP contribution in [0.2, 0.25) is 0 Å². The van der Waals surface area contributed by atoms with Gasteiger partial charge in [0.1, 0.15) is 0 Å². The Hall–Kier alpha value is -1.41. The van der Waals surface area contributed by atoms with Crippen molar-refractivity contribution in [3.63, 3.8) is 0 Å². The molecule has 2 rings (SSSR count). The summed E-state index contributed by atoms with van der Waals surface area (Å²) in [6, 6.07) is 0. The van der Waals surface area contributed by atoms with E-state index in [4.69, 9.17) is 9.47 Å². The SMILES string of the molecule is COC(=O)CC1CN(c2ncc(Br)c(OC)n2)CCO1. The molecule has 8 heteroatoms. The molecule has 0 N–H and O–H groups in total. The van der Waals surface area contributed by atoms with Gasteiger partial charge in [0.25, 0.3) is 0 Å². The molecule has 1 atom stereocenters. The van der Waals surface area contributed by atoms with Crippen molar-refractivity contribution in [3.8, 4) is 5.88 Å². The van der Waals surface area contributed by atoms with Crippen molar-refractivity contribution in [1.82, 2.24) is 9.97 Å². The first kappa shape index (κ1) is 15.0. The molecule has 0 aliphatic carbocycles. The summed E-state index contributed by atoms with van der Waals surface area (Å²) in [4.78, 5) is 21.8. The van der Waals surface area contributed by atoms with Crippen LogP contribution in [-0.2, 0) is 14.3 Å². The summed E-state index contributed by atoms with van der Waals surface area (Å²) in [7, 11) is 2.92. The van der Waals surface area contributed by atoms with Crippen LogP contribution in [0, 0.1) is 0 Å². The van der Waals surface area contributed by atoms with Crippen LogP contribution < -0.4 is 9.64 Å². The third kappa shape index (κ3) is 3.57. The van der Waals surface area contributed by atoms with Gasteiger partial charge in [-0.1, -0.05) is 0 Å². The lowest BCUT2D eigenvalue weighted by Gasteiger charge is -2.32. The van der Waals surface area contributed by atoms with Gasteiger partial charge in [-0.25, -0.2) is 4.98 Å². The van der Waals surface area contributed by atoms with E-state index in [9.17, 15) is 4.79 Å². The van der Waals surface area contributed by atoms with Crippen LogP contribution in [0.25, 0.3) is 0 Å². The van der Waals surface area contributed by atoms with Crippen LogP contribution in [-0.4, -0.2) is 56.0 Å². The molecule has 0 spiro atoms. The largest absolute Gasteiger partial charge is 0.480 e. The van der Waals surface area contributed by atoms with Crippen molar-refractivity contribution in [2.75, 3.05) is 38.8 Å². The summed E-state index contributed by atoms with van der Waals surface area (Å²) >= 11 is 3.31. The topological polar surface area (TPSA) is 73.8 Å². The quantitative estimate of drug-likeness (QED) is 0.754. The lowest BCUT2D eigenvalue weighted by Crippen LogP contribution is -2.44. The van der Waals surface area contributed by atoms with Crippen molar-refractivity contribution in [3.05, 3.63) is 10.7 Å². The second-order valence-corrected chi connectivity index (χ2v) is 5.10. The highest BCUT2D eigenvalue weighted by atomic mass is 79.9. The highest BCUT2D eigenvalue weighted by Crippen LogP contribution is 2.24. The van der Waals surface area contributed by atoms with Crippen LogP contribution in [0.1, 0.15) is 6.42 Å². The Balaban J connectivity index is 2.06. The number of anilines is 1. The standard InChI is InChI=1S/C12H16BrN3O4/c1-18-10(17)5-8-7-16(3-4-20-8)12-14-6-9(13)11(15-12)19-2/h6,8H,3-5,7H2,1-2H3. The molecule has 1 saturated heterocycles. The lowest BCUT2D eigenvalue weighted by atomic mass is 10.2. The zero-order valence-corrected chi connectivity index (χ0v) is 12.9. The highest BCUT2D eigenvalue weighted by molar-refractivity contribution is 9.10. The second kappa shape index (κ2) is 6.85. The van der Waals surface area contributed by atoms with Gasteiger partial charge in [0, 0.05) is 13.1 Å². The third-order valence-corrected chi connectivity index (χ3v) is 3.48. The molecule has 20 heavy (non-hydrogen) atoms. The first-order valence-corrected chi connectivity index (χ1v) is 6.93. The van der Waals surface area contributed by atoms with Crippen molar-refractivity contribution >= 4 is 27.8 Å². The van der Waals surface area contributed by atoms with Gasteiger partial charge in [-0.2, -0.15) is 4.98 Å². The summed E-state index contributed by atoms with van der Waals surface area (Å²) in [5.74, 6) is 0.750. The number of hydrogen-bond donors (Lipinski definition) is 0. The number of carbonyl (C=O) groups excluding carboxylic acids is 1. The lowest BCUT2D eigenvalue weighted by molar-refractivity contribution is -0.144. The van der Waals surface area contributed by atoms with Crippen molar-refractivity contribution in [1.29, 1.82) is 0 Å². The fraction of sp³-hybridized carbons (Fsp3) is 0.583. The first-order valence-electron chi connectivity index (χ1n) is 6.14. The van der Waals surface area contributed by atoms with E-state index in [1.165, 1.54) is 7.11 Å². The normalized spacial score (nSPS) is 18.8. The van der Waals surface area contributed by atoms with E-state index >= 15 is 0 Å². The average Bonchev–Trinajstić information content (AvgIpc) is 2.48. The van der Waals surface area contributed by atoms with Gasteiger partial charge in [0.2, 0.25) is 11.8 Å². The minimum absolute atomic E-state index is 0.213. The van der Waals surface area contributed by atoms with Gasteiger partial charge in [-0.15, -0.1) is 0 Å². The Labute approximate surface area is 125 Å². The summed E-state index contributed by atoms with van der Waals surface area (Å²) in [6.45, 7) is 1.73. The number of aromatic nitrogens is 2. The average molecular weight is 346 g/mol. The number of morpholine rings is 1. The molecule has 0 bridgehead atoms. The zero-order chi connectivity index (χ0) is 14.5. The van der Waals surface area contributed by atoms with Crippen molar-refractivity contribution in [2.45, 2.75) is 12.5 Å². The van der Waals surface area contributed by atoms with Crippen molar-refractivity contribution in [2.24, 2.45) is 0 Å². The molecule has 2 heterocycles. The van der Waals surface area contributed by atoms with E-state index < -0.39 is 0 Å². The summed E-state index contributed by atoms with van der Waals surface area (Å²) in [5, 5.41) is 0. The zero-order valence-electron chi connectivity index (χ0n) is 11.3. The third-order valence-electron chi connectivity index (χ3n) is 2.94. The predicted octanol–water partition coefficient (Wildman–Crippen LogP) is 1.02. The van der Waals surface area contributed by atoms with E-state index in [0.29, 0.717) is 36.0 Å². The van der Waals surface area contributed by atoms with Crippen LogP contribution in [0.4, 0.5) is 5.95 Å². The predicted molar refractivity (Wildman–Crippen MR) is 74.9 cm³/mol.